The van der Waals surface area contributed by atoms with Crippen LogP contribution in [0.15, 0.2) is 47.6 Å². The number of unbranched alkanes of at least 4 members (excludes halogenated alkanes) is 1. The van der Waals surface area contributed by atoms with E-state index in [2.05, 4.69) is 22.2 Å². The maximum atomic E-state index is 13.7. The number of hydrogen-bond donors (Lipinski definition) is 1. The molecule has 2 atom stereocenters. The Balaban J connectivity index is 2.08. The summed E-state index contributed by atoms with van der Waals surface area (Å²) in [6.45, 7) is 9.96. The lowest BCUT2D eigenvalue weighted by Crippen LogP contribution is -2.54. The predicted molar refractivity (Wildman–Crippen MR) is 130 cm³/mol. The van der Waals surface area contributed by atoms with Gasteiger partial charge >= 0.3 is 5.91 Å². The first kappa shape index (κ1) is 24.5. The van der Waals surface area contributed by atoms with Crippen LogP contribution in [0.2, 0.25) is 0 Å². The third kappa shape index (κ3) is 4.50. The average molecular weight is 450 g/mol. The molecule has 1 aliphatic rings. The number of pyridine rings is 1. The molecule has 2 unspecified atom stereocenters. The Labute approximate surface area is 195 Å². The summed E-state index contributed by atoms with van der Waals surface area (Å²) in [4.78, 5) is 49.0. The molecule has 1 aromatic carbocycles. The minimum atomic E-state index is -0.956. The van der Waals surface area contributed by atoms with E-state index in [4.69, 9.17) is 0 Å². The Kier molecular flexibility index (Phi) is 6.93. The second-order valence-electron chi connectivity index (χ2n) is 9.36. The normalized spacial score (nSPS) is 19.7. The number of ketones is 1. The number of para-hydroxylation sites is 1. The number of quaternary nitrogens is 1. The number of hydrogen-bond acceptors (Lipinski definition) is 5. The van der Waals surface area contributed by atoms with Gasteiger partial charge in [0.2, 0.25) is 0 Å². The molecular formula is C26H33N4O3+. The van der Waals surface area contributed by atoms with E-state index in [-0.39, 0.29) is 33.4 Å². The molecule has 0 radical (unpaired) electrons. The van der Waals surface area contributed by atoms with E-state index in [0.717, 1.165) is 24.1 Å². The Morgan fingerprint density at radius 3 is 2.42 bits per heavy atom. The first-order chi connectivity index (χ1) is 15.5. The summed E-state index contributed by atoms with van der Waals surface area (Å²) in [6, 6.07) is 11.0. The molecule has 1 aliphatic heterocycles. The molecule has 0 saturated carbocycles. The van der Waals surface area contributed by atoms with Crippen molar-refractivity contribution in [1.82, 2.24) is 14.8 Å². The van der Waals surface area contributed by atoms with Crippen LogP contribution >= 0.6 is 0 Å². The molecule has 1 N–H and O–H groups in total. The molecular weight excluding hydrogens is 416 g/mol. The van der Waals surface area contributed by atoms with Crippen molar-refractivity contribution in [2.75, 3.05) is 13.6 Å². The number of aryl methyl sites for hydroxylation is 1. The number of amides is 2. The van der Waals surface area contributed by atoms with Gasteiger partial charge in [0, 0.05) is 6.20 Å². The molecule has 0 bridgehead atoms. The number of benzene rings is 1. The second kappa shape index (κ2) is 9.35. The van der Waals surface area contributed by atoms with Crippen molar-refractivity contribution >= 4 is 29.1 Å². The quantitative estimate of drug-likeness (QED) is 0.377. The van der Waals surface area contributed by atoms with E-state index in [9.17, 15) is 14.4 Å². The third-order valence-corrected chi connectivity index (χ3v) is 6.58. The van der Waals surface area contributed by atoms with Gasteiger partial charge in [0.15, 0.2) is 5.84 Å². The molecule has 2 heterocycles. The minimum absolute atomic E-state index is 0.0479. The Morgan fingerprint density at radius 2 is 1.85 bits per heavy atom. The standard InChI is InChI=1S/C26H32N4O3/c1-7-8-14-30(6,19-12-10-9-11-13-19)24(32)22(31)20-15-18(4)16-27-21(20)23-28-25(33)26(5,29-23)17(2)3/h9-13,15-17H,7-8,14H2,1-6H3/p+1. The van der Waals surface area contributed by atoms with Gasteiger partial charge < -0.3 is 5.32 Å². The summed E-state index contributed by atoms with van der Waals surface area (Å²) >= 11 is 0. The molecule has 3 rings (SSSR count). The van der Waals surface area contributed by atoms with Gasteiger partial charge in [0.05, 0.1) is 19.2 Å². The first-order valence-corrected chi connectivity index (χ1v) is 11.4. The van der Waals surface area contributed by atoms with Gasteiger partial charge in [-0.05, 0) is 49.9 Å². The van der Waals surface area contributed by atoms with Crippen molar-refractivity contribution < 1.29 is 14.4 Å². The molecule has 2 aromatic rings. The van der Waals surface area contributed by atoms with Crippen LogP contribution in [-0.4, -0.2) is 47.5 Å². The highest BCUT2D eigenvalue weighted by Gasteiger charge is 2.45. The fourth-order valence-corrected chi connectivity index (χ4v) is 3.90. The zero-order valence-corrected chi connectivity index (χ0v) is 20.3. The maximum Gasteiger partial charge on any atom is 0.391 e. The van der Waals surface area contributed by atoms with Gasteiger partial charge in [0.25, 0.3) is 11.7 Å². The summed E-state index contributed by atoms with van der Waals surface area (Å²) in [7, 11) is 1.78. The molecule has 0 fully saturated rings. The zero-order chi connectivity index (χ0) is 24.4. The molecule has 7 nitrogen and oxygen atoms in total. The summed E-state index contributed by atoms with van der Waals surface area (Å²) in [5, 5.41) is 2.78. The van der Waals surface area contributed by atoms with Gasteiger partial charge in [-0.2, -0.15) is 0 Å². The molecule has 0 spiro atoms. The summed E-state index contributed by atoms with van der Waals surface area (Å²) in [5.74, 6) is -1.24. The minimum Gasteiger partial charge on any atom is -0.307 e. The number of Topliss-reactive ketones (excluding diaryl/α,β-unsaturated/α-hetero) is 1. The van der Waals surface area contributed by atoms with E-state index >= 15 is 0 Å². The molecule has 33 heavy (non-hydrogen) atoms. The van der Waals surface area contributed by atoms with Crippen LogP contribution in [0.1, 0.15) is 62.2 Å². The molecule has 174 valence electrons. The van der Waals surface area contributed by atoms with Gasteiger partial charge in [-0.3, -0.25) is 14.6 Å². The third-order valence-electron chi connectivity index (χ3n) is 6.58. The average Bonchev–Trinajstić information content (AvgIpc) is 3.12. The highest BCUT2D eigenvalue weighted by atomic mass is 16.2. The zero-order valence-electron chi connectivity index (χ0n) is 20.3. The van der Waals surface area contributed by atoms with Gasteiger partial charge in [0.1, 0.15) is 16.9 Å². The molecule has 2 amide bonds. The van der Waals surface area contributed by atoms with E-state index < -0.39 is 17.2 Å². The fourth-order valence-electron chi connectivity index (χ4n) is 3.90. The topological polar surface area (TPSA) is 88.5 Å². The lowest BCUT2D eigenvalue weighted by Gasteiger charge is -2.30. The molecule has 1 aromatic heterocycles. The van der Waals surface area contributed by atoms with Crippen LogP contribution in [0.25, 0.3) is 0 Å². The number of aliphatic imine (C=N–C) groups is 1. The van der Waals surface area contributed by atoms with Crippen molar-refractivity contribution in [3.8, 4) is 0 Å². The Hall–Kier alpha value is -3.19. The highest BCUT2D eigenvalue weighted by molar-refractivity contribution is 6.46. The number of nitrogens with one attached hydrogen (secondary N) is 1. The first-order valence-electron chi connectivity index (χ1n) is 11.4. The van der Waals surface area contributed by atoms with Crippen LogP contribution in [0.5, 0.6) is 0 Å². The summed E-state index contributed by atoms with van der Waals surface area (Å²) < 4.78 is -0.135. The van der Waals surface area contributed by atoms with Crippen LogP contribution in [-0.2, 0) is 9.59 Å². The van der Waals surface area contributed by atoms with E-state index in [1.165, 1.54) is 0 Å². The van der Waals surface area contributed by atoms with Crippen LogP contribution in [0.3, 0.4) is 0 Å². The Morgan fingerprint density at radius 1 is 1.18 bits per heavy atom. The lowest BCUT2D eigenvalue weighted by atomic mass is 9.89. The number of likely N-dealkylation sites (N-methyl/N-ethyl adjacent to an activating group) is 1. The van der Waals surface area contributed by atoms with E-state index in [0.29, 0.717) is 6.54 Å². The van der Waals surface area contributed by atoms with Crippen LogP contribution < -0.4 is 9.80 Å². The van der Waals surface area contributed by atoms with E-state index in [1.807, 2.05) is 51.1 Å². The van der Waals surface area contributed by atoms with Gasteiger partial charge in [-0.15, -0.1) is 0 Å². The number of nitrogens with zero attached hydrogens (tertiary/aromatic N) is 3. The predicted octanol–water partition coefficient (Wildman–Crippen LogP) is 3.83. The van der Waals surface area contributed by atoms with Crippen molar-refractivity contribution in [3.63, 3.8) is 0 Å². The van der Waals surface area contributed by atoms with Crippen LogP contribution in [0.4, 0.5) is 5.69 Å². The lowest BCUT2D eigenvalue weighted by molar-refractivity contribution is -0.125. The molecule has 0 aliphatic carbocycles. The number of carbonyl (C=O) groups is 3. The number of rotatable bonds is 8. The van der Waals surface area contributed by atoms with Crippen LogP contribution in [0, 0.1) is 12.8 Å². The summed E-state index contributed by atoms with van der Waals surface area (Å²) in [6.07, 6.45) is 3.30. The van der Waals surface area contributed by atoms with Gasteiger partial charge in [-0.25, -0.2) is 14.3 Å². The number of carbonyl (C=O) groups excluding carboxylic acids is 3. The SMILES string of the molecule is CCCC[N+](C)(C(=O)C(=O)c1cc(C)cnc1C1=NC(C)(C(C)C)C(=O)N1)c1ccccc1. The number of amidine groups is 1. The summed E-state index contributed by atoms with van der Waals surface area (Å²) in [5.41, 5.74) is 0.928. The van der Waals surface area contributed by atoms with Crippen molar-refractivity contribution in [1.29, 1.82) is 0 Å². The smallest absolute Gasteiger partial charge is 0.307 e. The van der Waals surface area contributed by atoms with Crippen molar-refractivity contribution in [2.45, 2.75) is 53.0 Å². The largest absolute Gasteiger partial charge is 0.391 e. The van der Waals surface area contributed by atoms with Crippen molar-refractivity contribution in [2.24, 2.45) is 10.9 Å². The number of aromatic nitrogens is 1. The fraction of sp³-hybridized carbons (Fsp3) is 0.423. The molecule has 0 saturated heterocycles. The highest BCUT2D eigenvalue weighted by Crippen LogP contribution is 2.28. The second-order valence-corrected chi connectivity index (χ2v) is 9.36. The Bertz CT molecular complexity index is 1110. The van der Waals surface area contributed by atoms with Gasteiger partial charge in [-0.1, -0.05) is 45.4 Å². The van der Waals surface area contributed by atoms with E-state index in [1.54, 1.807) is 26.2 Å². The van der Waals surface area contributed by atoms with Crippen molar-refractivity contribution in [3.05, 3.63) is 59.4 Å². The monoisotopic (exact) mass is 449 g/mol. The maximum absolute atomic E-state index is 13.7. The molecule has 7 heteroatoms.